The molecule has 0 spiro atoms. The number of nitrogens with zero attached hydrogens (tertiary/aromatic N) is 1. The highest BCUT2D eigenvalue weighted by molar-refractivity contribution is 5.80. The lowest BCUT2D eigenvalue weighted by Gasteiger charge is -2.15. The van der Waals surface area contributed by atoms with Crippen molar-refractivity contribution in [1.82, 2.24) is 15.6 Å². The Balaban J connectivity index is 1.43. The minimum Gasteiger partial charge on any atom is -0.388 e. The van der Waals surface area contributed by atoms with Gasteiger partial charge in [0.25, 0.3) is 0 Å². The van der Waals surface area contributed by atoms with Gasteiger partial charge >= 0.3 is 0 Å². The zero-order valence-corrected chi connectivity index (χ0v) is 13.8. The third kappa shape index (κ3) is 4.75. The van der Waals surface area contributed by atoms with Crippen molar-refractivity contribution in [2.75, 3.05) is 6.54 Å². The van der Waals surface area contributed by atoms with Crippen LogP contribution in [-0.4, -0.2) is 58.0 Å². The van der Waals surface area contributed by atoms with Crippen LogP contribution in [0.3, 0.4) is 0 Å². The molecule has 0 aromatic carbocycles. The average molecular weight is 349 g/mol. The molecule has 136 valence electrons. The van der Waals surface area contributed by atoms with Crippen molar-refractivity contribution in [3.63, 3.8) is 0 Å². The standard InChI is InChI=1S/C17H23N3O5/c21-14(19-8-10-2-1-5-18-7-10)6-12-15(22)16(23)13(25-12)9-20-17(24)11-3-4-11/h1-2,5,7,11-13,15-16,22-23H,3-4,6,8-9H2,(H,19,21)(H,20,24)/t12-,13+,15-,16+/m0/s1. The largest absolute Gasteiger partial charge is 0.388 e. The number of amides is 2. The van der Waals surface area contributed by atoms with E-state index in [0.717, 1.165) is 18.4 Å². The third-order valence-corrected chi connectivity index (χ3v) is 4.49. The number of hydrogen-bond acceptors (Lipinski definition) is 6. The van der Waals surface area contributed by atoms with Gasteiger partial charge in [0.05, 0.1) is 12.5 Å². The highest BCUT2D eigenvalue weighted by Crippen LogP contribution is 2.29. The smallest absolute Gasteiger partial charge is 0.223 e. The second kappa shape index (κ2) is 7.90. The molecule has 1 saturated carbocycles. The summed E-state index contributed by atoms with van der Waals surface area (Å²) in [6, 6.07) is 3.62. The van der Waals surface area contributed by atoms with Crippen LogP contribution in [0.1, 0.15) is 24.8 Å². The predicted octanol–water partition coefficient (Wildman–Crippen LogP) is -0.897. The first-order chi connectivity index (χ1) is 12.0. The van der Waals surface area contributed by atoms with Crippen LogP contribution in [0, 0.1) is 5.92 Å². The predicted molar refractivity (Wildman–Crippen MR) is 87.1 cm³/mol. The summed E-state index contributed by atoms with van der Waals surface area (Å²) < 4.78 is 5.57. The molecule has 1 aliphatic heterocycles. The van der Waals surface area contributed by atoms with Gasteiger partial charge in [-0.15, -0.1) is 0 Å². The number of carbonyl (C=O) groups is 2. The Morgan fingerprint density at radius 1 is 1.20 bits per heavy atom. The van der Waals surface area contributed by atoms with E-state index in [0.29, 0.717) is 6.54 Å². The summed E-state index contributed by atoms with van der Waals surface area (Å²) in [6.45, 7) is 0.459. The number of nitrogens with one attached hydrogen (secondary N) is 2. The molecular weight excluding hydrogens is 326 g/mol. The van der Waals surface area contributed by atoms with Gasteiger partial charge in [0.1, 0.15) is 18.3 Å². The molecule has 0 unspecified atom stereocenters. The molecule has 2 amide bonds. The van der Waals surface area contributed by atoms with Crippen LogP contribution >= 0.6 is 0 Å². The van der Waals surface area contributed by atoms with Crippen LogP contribution in [0.4, 0.5) is 0 Å². The van der Waals surface area contributed by atoms with Gasteiger partial charge in [0, 0.05) is 31.4 Å². The Kier molecular flexibility index (Phi) is 5.62. The first kappa shape index (κ1) is 17.8. The molecule has 0 bridgehead atoms. The van der Waals surface area contributed by atoms with Crippen LogP contribution in [0.25, 0.3) is 0 Å². The Hall–Kier alpha value is -2.03. The number of aliphatic hydroxyl groups excluding tert-OH is 2. The second-order valence-corrected chi connectivity index (χ2v) is 6.56. The van der Waals surface area contributed by atoms with E-state index in [1.54, 1.807) is 18.5 Å². The molecule has 2 fully saturated rings. The molecule has 2 aliphatic rings. The Morgan fingerprint density at radius 3 is 2.64 bits per heavy atom. The zero-order chi connectivity index (χ0) is 17.8. The molecule has 0 radical (unpaired) electrons. The maximum absolute atomic E-state index is 12.0. The molecule has 4 atom stereocenters. The second-order valence-electron chi connectivity index (χ2n) is 6.56. The van der Waals surface area contributed by atoms with E-state index >= 15 is 0 Å². The topological polar surface area (TPSA) is 121 Å². The number of pyridine rings is 1. The van der Waals surface area contributed by atoms with E-state index in [4.69, 9.17) is 4.74 Å². The first-order valence-electron chi connectivity index (χ1n) is 8.49. The fraction of sp³-hybridized carbons (Fsp3) is 0.588. The highest BCUT2D eigenvalue weighted by Gasteiger charge is 2.43. The van der Waals surface area contributed by atoms with Crippen molar-refractivity contribution in [2.45, 2.75) is 50.2 Å². The summed E-state index contributed by atoms with van der Waals surface area (Å²) >= 11 is 0. The van der Waals surface area contributed by atoms with Crippen LogP contribution in [-0.2, 0) is 20.9 Å². The maximum Gasteiger partial charge on any atom is 0.223 e. The van der Waals surface area contributed by atoms with Gasteiger partial charge in [-0.1, -0.05) is 6.07 Å². The fourth-order valence-electron chi connectivity index (χ4n) is 2.81. The van der Waals surface area contributed by atoms with Gasteiger partial charge in [-0.3, -0.25) is 14.6 Å². The van der Waals surface area contributed by atoms with Crippen molar-refractivity contribution in [1.29, 1.82) is 0 Å². The van der Waals surface area contributed by atoms with Crippen LogP contribution in [0.15, 0.2) is 24.5 Å². The number of hydrogen-bond donors (Lipinski definition) is 4. The Labute approximate surface area is 145 Å². The van der Waals surface area contributed by atoms with Crippen molar-refractivity contribution in [2.24, 2.45) is 5.92 Å². The molecule has 1 saturated heterocycles. The summed E-state index contributed by atoms with van der Waals surface area (Å²) in [5, 5.41) is 25.6. The summed E-state index contributed by atoms with van der Waals surface area (Å²) in [6.07, 6.45) is 1.22. The van der Waals surface area contributed by atoms with E-state index in [2.05, 4.69) is 15.6 Å². The molecular formula is C17H23N3O5. The number of aromatic nitrogens is 1. The monoisotopic (exact) mass is 349 g/mol. The van der Waals surface area contributed by atoms with Gasteiger partial charge in [0.2, 0.25) is 11.8 Å². The van der Waals surface area contributed by atoms with Crippen LogP contribution < -0.4 is 10.6 Å². The summed E-state index contributed by atoms with van der Waals surface area (Å²) in [7, 11) is 0. The fourth-order valence-corrected chi connectivity index (χ4v) is 2.81. The maximum atomic E-state index is 12.0. The number of rotatable bonds is 7. The molecule has 3 rings (SSSR count). The lowest BCUT2D eigenvalue weighted by molar-refractivity contribution is -0.126. The minimum absolute atomic E-state index is 0.0528. The normalized spacial score (nSPS) is 28.6. The molecule has 1 aromatic rings. The molecule has 1 aliphatic carbocycles. The van der Waals surface area contributed by atoms with Crippen molar-refractivity contribution < 1.29 is 24.5 Å². The van der Waals surface area contributed by atoms with E-state index in [-0.39, 0.29) is 30.7 Å². The van der Waals surface area contributed by atoms with E-state index in [1.807, 2.05) is 6.07 Å². The molecule has 25 heavy (non-hydrogen) atoms. The molecule has 1 aromatic heterocycles. The summed E-state index contributed by atoms with van der Waals surface area (Å²) in [4.78, 5) is 27.6. The SMILES string of the molecule is O=C(C[C@@H]1O[C@H](CNC(=O)C2CC2)[C@@H](O)[C@H]1O)NCc1cccnc1. The highest BCUT2D eigenvalue weighted by atomic mass is 16.5. The van der Waals surface area contributed by atoms with Crippen LogP contribution in [0.5, 0.6) is 0 Å². The van der Waals surface area contributed by atoms with Crippen LogP contribution in [0.2, 0.25) is 0 Å². The average Bonchev–Trinajstić information content (AvgIpc) is 3.43. The lowest BCUT2D eigenvalue weighted by Crippen LogP contribution is -2.40. The van der Waals surface area contributed by atoms with Crippen molar-refractivity contribution >= 4 is 11.8 Å². The Morgan fingerprint density at radius 2 is 1.96 bits per heavy atom. The summed E-state index contributed by atoms with van der Waals surface area (Å²) in [5.74, 6) is -0.275. The Bertz CT molecular complexity index is 608. The molecule has 4 N–H and O–H groups in total. The number of carbonyl (C=O) groups excluding carboxylic acids is 2. The number of ether oxygens (including phenoxy) is 1. The van der Waals surface area contributed by atoms with Gasteiger partial charge in [-0.05, 0) is 24.5 Å². The first-order valence-corrected chi connectivity index (χ1v) is 8.49. The van der Waals surface area contributed by atoms with Crippen molar-refractivity contribution in [3.05, 3.63) is 30.1 Å². The molecule has 8 nitrogen and oxygen atoms in total. The van der Waals surface area contributed by atoms with Gasteiger partial charge in [0.15, 0.2) is 0 Å². The molecule has 2 heterocycles. The zero-order valence-electron chi connectivity index (χ0n) is 13.8. The number of aliphatic hydroxyl groups is 2. The van der Waals surface area contributed by atoms with E-state index in [1.165, 1.54) is 0 Å². The van der Waals surface area contributed by atoms with Gasteiger partial charge in [-0.2, -0.15) is 0 Å². The van der Waals surface area contributed by atoms with E-state index in [9.17, 15) is 19.8 Å². The van der Waals surface area contributed by atoms with Crippen molar-refractivity contribution in [3.8, 4) is 0 Å². The van der Waals surface area contributed by atoms with E-state index < -0.39 is 24.4 Å². The summed E-state index contributed by atoms with van der Waals surface area (Å²) in [5.41, 5.74) is 0.865. The third-order valence-electron chi connectivity index (χ3n) is 4.49. The minimum atomic E-state index is -1.16. The quantitative estimate of drug-likeness (QED) is 0.506. The van der Waals surface area contributed by atoms with Gasteiger partial charge in [-0.25, -0.2) is 0 Å². The lowest BCUT2D eigenvalue weighted by atomic mass is 10.1. The molecule has 8 heteroatoms. The van der Waals surface area contributed by atoms with Gasteiger partial charge < -0.3 is 25.6 Å².